The summed E-state index contributed by atoms with van der Waals surface area (Å²) in [5.74, 6) is -0.212. The lowest BCUT2D eigenvalue weighted by atomic mass is 10.2. The molecule has 1 heterocycles. The van der Waals surface area contributed by atoms with Gasteiger partial charge in [0.25, 0.3) is 5.91 Å². The van der Waals surface area contributed by atoms with Gasteiger partial charge in [-0.3, -0.25) is 4.79 Å². The average molecular weight is 263 g/mol. The summed E-state index contributed by atoms with van der Waals surface area (Å²) in [7, 11) is 4.00. The Morgan fingerprint density at radius 2 is 2.25 bits per heavy atom. The van der Waals surface area contributed by atoms with Crippen LogP contribution in [-0.4, -0.2) is 47.7 Å². The van der Waals surface area contributed by atoms with E-state index in [9.17, 15) is 4.79 Å². The van der Waals surface area contributed by atoms with Crippen molar-refractivity contribution in [1.82, 2.24) is 20.4 Å². The highest BCUT2D eigenvalue weighted by Crippen LogP contribution is 2.14. The molecule has 0 fully saturated rings. The number of amides is 1. The van der Waals surface area contributed by atoms with Crippen LogP contribution in [0.25, 0.3) is 0 Å². The van der Waals surface area contributed by atoms with Crippen LogP contribution < -0.4 is 5.32 Å². The van der Waals surface area contributed by atoms with E-state index >= 15 is 0 Å². The predicted molar refractivity (Wildman–Crippen MR) is 65.0 cm³/mol. The van der Waals surface area contributed by atoms with E-state index in [1.807, 2.05) is 21.0 Å². The average Bonchev–Trinajstić information content (AvgIpc) is 2.62. The highest BCUT2D eigenvalue weighted by Gasteiger charge is 2.14. The van der Waals surface area contributed by atoms with E-state index in [4.69, 9.17) is 11.6 Å². The molecule has 5 nitrogen and oxygen atoms in total. The van der Waals surface area contributed by atoms with E-state index in [1.165, 1.54) is 0 Å². The maximum atomic E-state index is 11.6. The van der Waals surface area contributed by atoms with E-state index in [0.717, 1.165) is 24.3 Å². The van der Waals surface area contributed by atoms with Crippen LogP contribution in [0, 0.1) is 0 Å². The van der Waals surface area contributed by atoms with E-state index in [-0.39, 0.29) is 16.4 Å². The third-order valence-electron chi connectivity index (χ3n) is 1.98. The first-order chi connectivity index (χ1) is 7.49. The van der Waals surface area contributed by atoms with Crippen molar-refractivity contribution in [3.8, 4) is 0 Å². The monoisotopic (exact) mass is 262 g/mol. The smallest absolute Gasteiger partial charge is 0.282 e. The number of nitrogens with one attached hydrogen (secondary N) is 1. The minimum Gasteiger partial charge on any atom is -0.347 e. The Morgan fingerprint density at radius 1 is 1.56 bits per heavy atom. The molecule has 1 aromatic rings. The van der Waals surface area contributed by atoms with Gasteiger partial charge in [-0.25, -0.2) is 0 Å². The quantitative estimate of drug-likeness (QED) is 0.868. The van der Waals surface area contributed by atoms with Crippen LogP contribution in [0.5, 0.6) is 0 Å². The van der Waals surface area contributed by atoms with E-state index in [1.54, 1.807) is 0 Å². The van der Waals surface area contributed by atoms with Crippen LogP contribution in [0.1, 0.15) is 23.1 Å². The largest absolute Gasteiger partial charge is 0.347 e. The van der Waals surface area contributed by atoms with E-state index in [2.05, 4.69) is 20.4 Å². The van der Waals surface area contributed by atoms with Crippen molar-refractivity contribution in [3.63, 3.8) is 0 Å². The number of hydrogen-bond donors (Lipinski definition) is 1. The van der Waals surface area contributed by atoms with Crippen molar-refractivity contribution in [2.75, 3.05) is 20.6 Å². The Kier molecular flexibility index (Phi) is 5.11. The van der Waals surface area contributed by atoms with Gasteiger partial charge >= 0.3 is 0 Å². The second-order valence-corrected chi connectivity index (χ2v) is 5.39. The number of aromatic nitrogens is 2. The molecule has 1 N–H and O–H groups in total. The molecule has 0 radical (unpaired) electrons. The lowest BCUT2D eigenvalue weighted by molar-refractivity contribution is 0.0935. The van der Waals surface area contributed by atoms with Crippen LogP contribution in [0.4, 0.5) is 0 Å². The molecule has 7 heteroatoms. The van der Waals surface area contributed by atoms with Gasteiger partial charge in [-0.1, -0.05) is 11.3 Å². The molecule has 1 atom stereocenters. The molecule has 0 aromatic carbocycles. The topological polar surface area (TPSA) is 58.1 Å². The number of halogens is 1. The first-order valence-electron chi connectivity index (χ1n) is 4.93. The van der Waals surface area contributed by atoms with Crippen molar-refractivity contribution < 1.29 is 4.79 Å². The van der Waals surface area contributed by atoms with Crippen LogP contribution in [0.15, 0.2) is 0 Å². The molecule has 0 spiro atoms. The minimum atomic E-state index is -0.212. The molecule has 0 bridgehead atoms. The minimum absolute atomic E-state index is 0.109. The third kappa shape index (κ3) is 4.42. The van der Waals surface area contributed by atoms with Gasteiger partial charge in [-0.2, -0.15) is 0 Å². The Bertz CT molecular complexity index is 355. The first kappa shape index (κ1) is 13.3. The second kappa shape index (κ2) is 6.12. The van der Waals surface area contributed by atoms with Crippen molar-refractivity contribution in [3.05, 3.63) is 9.47 Å². The van der Waals surface area contributed by atoms with Gasteiger partial charge in [-0.05, 0) is 45.6 Å². The Morgan fingerprint density at radius 3 is 2.75 bits per heavy atom. The van der Waals surface area contributed by atoms with Crippen LogP contribution in [-0.2, 0) is 0 Å². The highest BCUT2D eigenvalue weighted by molar-refractivity contribution is 7.17. The molecule has 0 saturated heterocycles. The summed E-state index contributed by atoms with van der Waals surface area (Å²) in [5.41, 5.74) is 0. The zero-order valence-electron chi connectivity index (χ0n) is 9.53. The number of hydrogen-bond acceptors (Lipinski definition) is 5. The van der Waals surface area contributed by atoms with Crippen molar-refractivity contribution in [2.45, 2.75) is 19.4 Å². The molecular weight excluding hydrogens is 248 g/mol. The summed E-state index contributed by atoms with van der Waals surface area (Å²) in [6, 6.07) is 0.109. The molecule has 1 rings (SSSR count). The van der Waals surface area contributed by atoms with E-state index in [0.29, 0.717) is 5.01 Å². The molecule has 0 aliphatic rings. The van der Waals surface area contributed by atoms with Gasteiger partial charge in [0, 0.05) is 6.04 Å². The number of rotatable bonds is 5. The second-order valence-electron chi connectivity index (χ2n) is 3.83. The summed E-state index contributed by atoms with van der Waals surface area (Å²) in [5, 5.41) is 10.4. The summed E-state index contributed by atoms with van der Waals surface area (Å²) in [6.07, 6.45) is 0.894. The SMILES string of the molecule is CC(CCN(C)C)NC(=O)c1nnc(Cl)s1. The summed E-state index contributed by atoms with van der Waals surface area (Å²) < 4.78 is 0.283. The van der Waals surface area contributed by atoms with Crippen LogP contribution in [0.2, 0.25) is 4.47 Å². The van der Waals surface area contributed by atoms with Gasteiger partial charge in [0.2, 0.25) is 9.47 Å². The summed E-state index contributed by atoms with van der Waals surface area (Å²) in [6.45, 7) is 2.89. The van der Waals surface area contributed by atoms with Gasteiger partial charge in [0.05, 0.1) is 0 Å². The third-order valence-corrected chi connectivity index (χ3v) is 3.00. The lowest BCUT2D eigenvalue weighted by Crippen LogP contribution is -2.34. The standard InChI is InChI=1S/C9H15ClN4OS/c1-6(4-5-14(2)3)11-7(15)8-12-13-9(10)16-8/h6H,4-5H2,1-3H3,(H,11,15). The molecule has 1 amide bonds. The van der Waals surface area contributed by atoms with Gasteiger partial charge in [-0.15, -0.1) is 10.2 Å². The lowest BCUT2D eigenvalue weighted by Gasteiger charge is -2.15. The fraction of sp³-hybridized carbons (Fsp3) is 0.667. The fourth-order valence-corrected chi connectivity index (χ4v) is 1.84. The fourth-order valence-electron chi connectivity index (χ4n) is 1.11. The molecule has 0 aliphatic heterocycles. The molecule has 0 saturated carbocycles. The number of carbonyl (C=O) groups is 1. The molecule has 90 valence electrons. The Balaban J connectivity index is 2.39. The maximum absolute atomic E-state index is 11.6. The Labute approximate surface area is 104 Å². The number of carbonyl (C=O) groups excluding carboxylic acids is 1. The van der Waals surface area contributed by atoms with Crippen molar-refractivity contribution in [1.29, 1.82) is 0 Å². The Hall–Kier alpha value is -0.720. The van der Waals surface area contributed by atoms with Crippen molar-refractivity contribution >= 4 is 28.8 Å². The maximum Gasteiger partial charge on any atom is 0.282 e. The predicted octanol–water partition coefficient (Wildman–Crippen LogP) is 1.26. The van der Waals surface area contributed by atoms with Gasteiger partial charge < -0.3 is 10.2 Å². The molecular formula is C9H15ClN4OS. The van der Waals surface area contributed by atoms with Gasteiger partial charge in [0.1, 0.15) is 0 Å². The highest BCUT2D eigenvalue weighted by atomic mass is 35.5. The summed E-state index contributed by atoms with van der Waals surface area (Å²) in [4.78, 5) is 13.7. The van der Waals surface area contributed by atoms with E-state index < -0.39 is 0 Å². The molecule has 1 unspecified atom stereocenters. The zero-order valence-corrected chi connectivity index (χ0v) is 11.1. The summed E-state index contributed by atoms with van der Waals surface area (Å²) >= 11 is 6.68. The van der Waals surface area contributed by atoms with Crippen LogP contribution >= 0.6 is 22.9 Å². The zero-order chi connectivity index (χ0) is 12.1. The van der Waals surface area contributed by atoms with Crippen LogP contribution in [0.3, 0.4) is 0 Å². The van der Waals surface area contributed by atoms with Crippen molar-refractivity contribution in [2.24, 2.45) is 0 Å². The molecule has 1 aromatic heterocycles. The molecule has 0 aliphatic carbocycles. The molecule has 16 heavy (non-hydrogen) atoms. The first-order valence-corrected chi connectivity index (χ1v) is 6.13. The number of nitrogens with zero attached hydrogens (tertiary/aromatic N) is 3. The van der Waals surface area contributed by atoms with Gasteiger partial charge in [0.15, 0.2) is 0 Å². The normalized spacial score (nSPS) is 12.8.